The molecule has 1 N–H and O–H groups in total. The van der Waals surface area contributed by atoms with Gasteiger partial charge in [0.2, 0.25) is 11.8 Å². The summed E-state index contributed by atoms with van der Waals surface area (Å²) in [7, 11) is 1.50. The van der Waals surface area contributed by atoms with Crippen LogP contribution >= 0.6 is 11.3 Å². The van der Waals surface area contributed by atoms with E-state index in [0.717, 1.165) is 11.3 Å². The summed E-state index contributed by atoms with van der Waals surface area (Å²) in [5, 5.41) is 3.01. The summed E-state index contributed by atoms with van der Waals surface area (Å²) < 4.78 is 15.2. The SMILES string of the molecule is CCOC(=O)c1c(NC(=O)CN2CCN(C(=O)C(C)C)CC2)sc(C(=O)OCCOC)c1C. The first kappa shape index (κ1) is 26.7. The number of hydrogen-bond acceptors (Lipinski definition) is 9. The Morgan fingerprint density at radius 2 is 1.70 bits per heavy atom. The van der Waals surface area contributed by atoms with E-state index in [1.165, 1.54) is 7.11 Å². The maximum Gasteiger partial charge on any atom is 0.348 e. The average Bonchev–Trinajstić information content (AvgIpc) is 3.09. The number of thiophene rings is 1. The number of amides is 2. The Labute approximate surface area is 198 Å². The fraction of sp³-hybridized carbons (Fsp3) is 0.636. The summed E-state index contributed by atoms with van der Waals surface area (Å²) in [5.74, 6) is -1.47. The van der Waals surface area contributed by atoms with Crippen molar-refractivity contribution in [2.75, 3.05) is 65.0 Å². The van der Waals surface area contributed by atoms with Crippen LogP contribution < -0.4 is 5.32 Å². The molecule has 2 heterocycles. The van der Waals surface area contributed by atoms with Crippen molar-refractivity contribution < 1.29 is 33.4 Å². The lowest BCUT2D eigenvalue weighted by Crippen LogP contribution is -2.51. The van der Waals surface area contributed by atoms with Gasteiger partial charge in [0.15, 0.2) is 0 Å². The Balaban J connectivity index is 2.08. The predicted octanol–water partition coefficient (Wildman–Crippen LogP) is 1.78. The van der Waals surface area contributed by atoms with Crippen molar-refractivity contribution in [1.29, 1.82) is 0 Å². The zero-order chi connectivity index (χ0) is 24.5. The van der Waals surface area contributed by atoms with E-state index in [4.69, 9.17) is 14.2 Å². The van der Waals surface area contributed by atoms with Gasteiger partial charge in [-0.2, -0.15) is 0 Å². The molecule has 1 aliphatic heterocycles. The van der Waals surface area contributed by atoms with E-state index < -0.39 is 11.9 Å². The minimum absolute atomic E-state index is 0.0569. The van der Waals surface area contributed by atoms with E-state index in [9.17, 15) is 19.2 Å². The van der Waals surface area contributed by atoms with Gasteiger partial charge in [0.05, 0.1) is 25.3 Å². The Morgan fingerprint density at radius 1 is 1.03 bits per heavy atom. The van der Waals surface area contributed by atoms with Crippen LogP contribution in [0, 0.1) is 12.8 Å². The van der Waals surface area contributed by atoms with Crippen LogP contribution in [0.3, 0.4) is 0 Å². The number of esters is 2. The Hall–Kier alpha value is -2.50. The van der Waals surface area contributed by atoms with Gasteiger partial charge in [0.1, 0.15) is 16.5 Å². The molecule has 1 aliphatic rings. The van der Waals surface area contributed by atoms with Gasteiger partial charge >= 0.3 is 11.9 Å². The third-order valence-electron chi connectivity index (χ3n) is 5.13. The molecule has 10 nitrogen and oxygen atoms in total. The molecule has 0 bridgehead atoms. The number of rotatable bonds is 10. The molecular formula is C22H33N3O7S. The number of carbonyl (C=O) groups is 4. The van der Waals surface area contributed by atoms with Crippen molar-refractivity contribution in [3.8, 4) is 0 Å². The quantitative estimate of drug-likeness (QED) is 0.396. The lowest BCUT2D eigenvalue weighted by atomic mass is 10.1. The molecule has 0 atom stereocenters. The first-order valence-corrected chi connectivity index (χ1v) is 11.8. The molecular weight excluding hydrogens is 450 g/mol. The second-order valence-corrected chi connectivity index (χ2v) is 8.93. The number of ether oxygens (including phenoxy) is 3. The average molecular weight is 484 g/mol. The second kappa shape index (κ2) is 12.7. The van der Waals surface area contributed by atoms with Gasteiger partial charge < -0.3 is 24.4 Å². The summed E-state index contributed by atoms with van der Waals surface area (Å²) in [4.78, 5) is 53.8. The lowest BCUT2D eigenvalue weighted by Gasteiger charge is -2.35. The number of nitrogens with one attached hydrogen (secondary N) is 1. The van der Waals surface area contributed by atoms with Gasteiger partial charge in [0, 0.05) is 39.2 Å². The van der Waals surface area contributed by atoms with Crippen LogP contribution in [-0.4, -0.2) is 93.2 Å². The standard InChI is InChI=1S/C22H33N3O7S/c1-6-31-21(28)17-15(4)18(22(29)32-12-11-30-5)33-19(17)23-16(26)13-24-7-9-25(10-8-24)20(27)14(2)3/h14H,6-13H2,1-5H3,(H,23,26). The van der Waals surface area contributed by atoms with Gasteiger partial charge in [0.25, 0.3) is 0 Å². The maximum absolute atomic E-state index is 12.7. The van der Waals surface area contributed by atoms with Crippen LogP contribution in [0.2, 0.25) is 0 Å². The Morgan fingerprint density at radius 3 is 2.27 bits per heavy atom. The number of hydrogen-bond donors (Lipinski definition) is 1. The number of nitrogens with zero attached hydrogens (tertiary/aromatic N) is 2. The zero-order valence-electron chi connectivity index (χ0n) is 19.9. The third-order valence-corrected chi connectivity index (χ3v) is 6.32. The van der Waals surface area contributed by atoms with Gasteiger partial charge in [-0.15, -0.1) is 11.3 Å². The molecule has 11 heteroatoms. The highest BCUT2D eigenvalue weighted by Gasteiger charge is 2.28. The van der Waals surface area contributed by atoms with Crippen molar-refractivity contribution in [1.82, 2.24) is 9.80 Å². The molecule has 0 radical (unpaired) electrons. The predicted molar refractivity (Wildman–Crippen MR) is 124 cm³/mol. The largest absolute Gasteiger partial charge is 0.462 e. The van der Waals surface area contributed by atoms with E-state index in [2.05, 4.69) is 5.32 Å². The number of methoxy groups -OCH3 is 1. The van der Waals surface area contributed by atoms with E-state index in [1.807, 2.05) is 23.6 Å². The summed E-state index contributed by atoms with van der Waals surface area (Å²) >= 11 is 0.985. The first-order chi connectivity index (χ1) is 15.7. The van der Waals surface area contributed by atoms with Gasteiger partial charge in [-0.1, -0.05) is 13.8 Å². The molecule has 0 spiro atoms. The third kappa shape index (κ3) is 7.24. The highest BCUT2D eigenvalue weighted by molar-refractivity contribution is 7.18. The van der Waals surface area contributed by atoms with Crippen LogP contribution in [0.5, 0.6) is 0 Å². The highest BCUT2D eigenvalue weighted by Crippen LogP contribution is 2.34. The van der Waals surface area contributed by atoms with Crippen LogP contribution in [0.25, 0.3) is 0 Å². The van der Waals surface area contributed by atoms with E-state index >= 15 is 0 Å². The number of piperazine rings is 1. The van der Waals surface area contributed by atoms with E-state index in [1.54, 1.807) is 13.8 Å². The molecule has 184 valence electrons. The highest BCUT2D eigenvalue weighted by atomic mass is 32.1. The molecule has 33 heavy (non-hydrogen) atoms. The van der Waals surface area contributed by atoms with Gasteiger partial charge in [-0.05, 0) is 19.4 Å². The fourth-order valence-corrected chi connectivity index (χ4v) is 4.49. The monoisotopic (exact) mass is 483 g/mol. The van der Waals surface area contributed by atoms with Crippen LogP contribution in [0.15, 0.2) is 0 Å². The summed E-state index contributed by atoms with van der Waals surface area (Å²) in [6, 6.07) is 0. The van der Waals surface area contributed by atoms with Crippen molar-refractivity contribution in [2.45, 2.75) is 27.7 Å². The minimum atomic E-state index is -0.613. The van der Waals surface area contributed by atoms with Gasteiger partial charge in [-0.3, -0.25) is 14.5 Å². The topological polar surface area (TPSA) is 114 Å². The molecule has 0 saturated carbocycles. The Bertz CT molecular complexity index is 860. The van der Waals surface area contributed by atoms with E-state index in [-0.39, 0.29) is 59.5 Å². The molecule has 1 fully saturated rings. The summed E-state index contributed by atoms with van der Waals surface area (Å²) in [5.41, 5.74) is 0.554. The smallest absolute Gasteiger partial charge is 0.348 e. The normalized spacial score (nSPS) is 14.3. The molecule has 0 aliphatic carbocycles. The summed E-state index contributed by atoms with van der Waals surface area (Å²) in [6.45, 7) is 9.93. The lowest BCUT2D eigenvalue weighted by molar-refractivity contribution is -0.136. The van der Waals surface area contributed by atoms with Crippen LogP contribution in [0.1, 0.15) is 46.4 Å². The molecule has 0 aromatic carbocycles. The minimum Gasteiger partial charge on any atom is -0.462 e. The van der Waals surface area contributed by atoms with Crippen molar-refractivity contribution in [2.24, 2.45) is 5.92 Å². The van der Waals surface area contributed by atoms with Crippen LogP contribution in [0.4, 0.5) is 5.00 Å². The van der Waals surface area contributed by atoms with Crippen molar-refractivity contribution in [3.05, 3.63) is 16.0 Å². The maximum atomic E-state index is 12.7. The van der Waals surface area contributed by atoms with E-state index in [0.29, 0.717) is 31.7 Å². The van der Waals surface area contributed by atoms with Crippen molar-refractivity contribution >= 4 is 40.1 Å². The molecule has 2 amide bonds. The Kier molecular flexibility index (Phi) is 10.3. The first-order valence-electron chi connectivity index (χ1n) is 11.0. The molecule has 1 saturated heterocycles. The molecule has 1 aromatic rings. The number of carbonyl (C=O) groups excluding carboxylic acids is 4. The van der Waals surface area contributed by atoms with Crippen LogP contribution in [-0.2, 0) is 23.8 Å². The molecule has 0 unspecified atom stereocenters. The number of anilines is 1. The van der Waals surface area contributed by atoms with Gasteiger partial charge in [-0.25, -0.2) is 9.59 Å². The molecule has 1 aromatic heterocycles. The fourth-order valence-electron chi connectivity index (χ4n) is 3.39. The molecule has 2 rings (SSSR count). The second-order valence-electron chi connectivity index (χ2n) is 7.91. The zero-order valence-corrected chi connectivity index (χ0v) is 20.7. The van der Waals surface area contributed by atoms with Crippen molar-refractivity contribution in [3.63, 3.8) is 0 Å². The summed E-state index contributed by atoms with van der Waals surface area (Å²) in [6.07, 6.45) is 0.